The number of aliphatic hydroxyl groups excluding tert-OH is 1. The van der Waals surface area contributed by atoms with Gasteiger partial charge in [-0.2, -0.15) is 0 Å². The van der Waals surface area contributed by atoms with Crippen LogP contribution >= 0.6 is 11.8 Å². The van der Waals surface area contributed by atoms with Crippen molar-refractivity contribution in [3.8, 4) is 0 Å². The standard InChI is InChI=1S/C15H23N3O2S/c1-17-9-7-16-13(17)12(19)11-4-3-8-18(10-11)14(20)15(21-2)5-6-15/h7,9,11-12,19H,3-6,8,10H2,1-2H3. The van der Waals surface area contributed by atoms with Crippen molar-refractivity contribution in [1.29, 1.82) is 0 Å². The predicted molar refractivity (Wildman–Crippen MR) is 83.0 cm³/mol. The lowest BCUT2D eigenvalue weighted by Gasteiger charge is -2.36. The fraction of sp³-hybridized carbons (Fsp3) is 0.733. The number of carbonyl (C=O) groups excluding carboxylic acids is 1. The van der Waals surface area contributed by atoms with E-state index in [1.54, 1.807) is 18.0 Å². The van der Waals surface area contributed by atoms with E-state index in [1.807, 2.05) is 29.0 Å². The van der Waals surface area contributed by atoms with Crippen molar-refractivity contribution in [2.45, 2.75) is 36.5 Å². The van der Waals surface area contributed by atoms with Gasteiger partial charge in [-0.15, -0.1) is 11.8 Å². The summed E-state index contributed by atoms with van der Waals surface area (Å²) in [5.74, 6) is 1.05. The molecule has 2 heterocycles. The van der Waals surface area contributed by atoms with Crippen molar-refractivity contribution in [3.05, 3.63) is 18.2 Å². The monoisotopic (exact) mass is 309 g/mol. The number of piperidine rings is 1. The van der Waals surface area contributed by atoms with Crippen LogP contribution in [0.1, 0.15) is 37.6 Å². The van der Waals surface area contributed by atoms with Gasteiger partial charge < -0.3 is 14.6 Å². The van der Waals surface area contributed by atoms with Crippen LogP contribution in [0.15, 0.2) is 12.4 Å². The molecule has 1 N–H and O–H groups in total. The van der Waals surface area contributed by atoms with Gasteiger partial charge in [-0.1, -0.05) is 0 Å². The summed E-state index contributed by atoms with van der Waals surface area (Å²) in [5.41, 5.74) is 0. The zero-order valence-corrected chi connectivity index (χ0v) is 13.5. The van der Waals surface area contributed by atoms with E-state index in [0.717, 1.165) is 32.2 Å². The molecule has 116 valence electrons. The number of amides is 1. The molecule has 2 aliphatic rings. The molecule has 0 aromatic carbocycles. The smallest absolute Gasteiger partial charge is 0.238 e. The van der Waals surface area contributed by atoms with Crippen LogP contribution in [-0.2, 0) is 11.8 Å². The largest absolute Gasteiger partial charge is 0.385 e. The maximum Gasteiger partial charge on any atom is 0.238 e. The Bertz CT molecular complexity index is 527. The van der Waals surface area contributed by atoms with Gasteiger partial charge in [-0.05, 0) is 31.9 Å². The Morgan fingerprint density at radius 3 is 2.90 bits per heavy atom. The molecule has 2 atom stereocenters. The second-order valence-electron chi connectivity index (χ2n) is 6.19. The van der Waals surface area contributed by atoms with E-state index in [1.165, 1.54) is 0 Å². The number of likely N-dealkylation sites (tertiary alicyclic amines) is 1. The first-order valence-corrected chi connectivity index (χ1v) is 8.80. The molecule has 1 saturated heterocycles. The minimum Gasteiger partial charge on any atom is -0.385 e. The van der Waals surface area contributed by atoms with E-state index in [0.29, 0.717) is 12.4 Å². The summed E-state index contributed by atoms with van der Waals surface area (Å²) in [6.07, 6.45) is 8.88. The van der Waals surface area contributed by atoms with Crippen LogP contribution in [0.25, 0.3) is 0 Å². The van der Waals surface area contributed by atoms with Crippen LogP contribution in [0.4, 0.5) is 0 Å². The van der Waals surface area contributed by atoms with Gasteiger partial charge in [0.15, 0.2) is 0 Å². The van der Waals surface area contributed by atoms with Gasteiger partial charge in [0.2, 0.25) is 5.91 Å². The predicted octanol–water partition coefficient (Wildman–Crippen LogP) is 1.59. The Balaban J connectivity index is 1.69. The Labute approximate surface area is 129 Å². The minimum absolute atomic E-state index is 0.0847. The lowest BCUT2D eigenvalue weighted by Crippen LogP contribution is -2.46. The molecule has 0 bridgehead atoms. The van der Waals surface area contributed by atoms with Crippen molar-refractivity contribution in [2.75, 3.05) is 19.3 Å². The lowest BCUT2D eigenvalue weighted by atomic mass is 9.91. The molecule has 1 saturated carbocycles. The molecule has 5 nitrogen and oxygen atoms in total. The number of aromatic nitrogens is 2. The molecule has 1 aromatic rings. The van der Waals surface area contributed by atoms with Gasteiger partial charge in [0.05, 0.1) is 4.75 Å². The first-order valence-electron chi connectivity index (χ1n) is 7.57. The van der Waals surface area contributed by atoms with Gasteiger partial charge in [-0.3, -0.25) is 4.79 Å². The van der Waals surface area contributed by atoms with E-state index < -0.39 is 6.10 Å². The molecular formula is C15H23N3O2S. The molecule has 1 aromatic heterocycles. The average Bonchev–Trinajstić information content (AvgIpc) is 3.21. The summed E-state index contributed by atoms with van der Waals surface area (Å²) in [4.78, 5) is 18.8. The van der Waals surface area contributed by atoms with E-state index in [9.17, 15) is 9.90 Å². The quantitative estimate of drug-likeness (QED) is 0.917. The molecule has 2 unspecified atom stereocenters. The van der Waals surface area contributed by atoms with Gasteiger partial charge in [-0.25, -0.2) is 4.98 Å². The normalized spacial score (nSPS) is 25.7. The number of aryl methyl sites for hydroxylation is 1. The number of nitrogens with zero attached hydrogens (tertiary/aromatic N) is 3. The number of imidazole rings is 1. The number of carbonyl (C=O) groups is 1. The molecule has 0 radical (unpaired) electrons. The third kappa shape index (κ3) is 2.71. The van der Waals surface area contributed by atoms with Crippen LogP contribution in [0.5, 0.6) is 0 Å². The number of hydrogen-bond donors (Lipinski definition) is 1. The number of thioether (sulfide) groups is 1. The zero-order chi connectivity index (χ0) is 15.0. The van der Waals surface area contributed by atoms with Crippen LogP contribution < -0.4 is 0 Å². The van der Waals surface area contributed by atoms with Crippen molar-refractivity contribution < 1.29 is 9.90 Å². The van der Waals surface area contributed by atoms with Crippen LogP contribution in [0.2, 0.25) is 0 Å². The van der Waals surface area contributed by atoms with Gasteiger partial charge >= 0.3 is 0 Å². The van der Waals surface area contributed by atoms with Gasteiger partial charge in [0, 0.05) is 38.4 Å². The molecule has 1 amide bonds. The van der Waals surface area contributed by atoms with E-state index in [2.05, 4.69) is 4.98 Å². The van der Waals surface area contributed by atoms with E-state index in [4.69, 9.17) is 0 Å². The second-order valence-corrected chi connectivity index (χ2v) is 7.38. The maximum absolute atomic E-state index is 12.6. The highest BCUT2D eigenvalue weighted by Gasteiger charge is 2.51. The molecule has 2 fully saturated rings. The molecule has 6 heteroatoms. The summed E-state index contributed by atoms with van der Waals surface area (Å²) in [5, 5.41) is 10.6. The summed E-state index contributed by atoms with van der Waals surface area (Å²) >= 11 is 1.68. The summed E-state index contributed by atoms with van der Waals surface area (Å²) in [6, 6.07) is 0. The highest BCUT2D eigenvalue weighted by atomic mass is 32.2. The maximum atomic E-state index is 12.6. The topological polar surface area (TPSA) is 58.4 Å². The second kappa shape index (κ2) is 5.65. The summed E-state index contributed by atoms with van der Waals surface area (Å²) in [6.45, 7) is 1.47. The van der Waals surface area contributed by atoms with Crippen LogP contribution in [0.3, 0.4) is 0 Å². The van der Waals surface area contributed by atoms with Crippen LogP contribution in [-0.4, -0.2) is 49.6 Å². The van der Waals surface area contributed by atoms with Gasteiger partial charge in [0.1, 0.15) is 11.9 Å². The van der Waals surface area contributed by atoms with Crippen LogP contribution in [0, 0.1) is 5.92 Å². The average molecular weight is 309 g/mol. The van der Waals surface area contributed by atoms with E-state index in [-0.39, 0.29) is 16.6 Å². The van der Waals surface area contributed by atoms with Crippen molar-refractivity contribution >= 4 is 17.7 Å². The molecule has 21 heavy (non-hydrogen) atoms. The lowest BCUT2D eigenvalue weighted by molar-refractivity contribution is -0.134. The van der Waals surface area contributed by atoms with E-state index >= 15 is 0 Å². The molecule has 3 rings (SSSR count). The molecule has 1 aliphatic heterocycles. The highest BCUT2D eigenvalue weighted by Crippen LogP contribution is 2.49. The summed E-state index contributed by atoms with van der Waals surface area (Å²) in [7, 11) is 1.89. The molecule has 0 spiro atoms. The van der Waals surface area contributed by atoms with Gasteiger partial charge in [0.25, 0.3) is 0 Å². The third-order valence-corrected chi connectivity index (χ3v) is 6.16. The fourth-order valence-electron chi connectivity index (χ4n) is 3.23. The van der Waals surface area contributed by atoms with Crippen molar-refractivity contribution in [2.24, 2.45) is 13.0 Å². The van der Waals surface area contributed by atoms with Crippen molar-refractivity contribution in [1.82, 2.24) is 14.5 Å². The van der Waals surface area contributed by atoms with Crippen molar-refractivity contribution in [3.63, 3.8) is 0 Å². The number of aliphatic hydroxyl groups is 1. The Morgan fingerprint density at radius 1 is 1.57 bits per heavy atom. The fourth-order valence-corrected chi connectivity index (χ4v) is 4.05. The first kappa shape index (κ1) is 14.9. The first-order chi connectivity index (χ1) is 10.1. The highest BCUT2D eigenvalue weighted by molar-refractivity contribution is 8.01. The Kier molecular flexibility index (Phi) is 4.01. The zero-order valence-electron chi connectivity index (χ0n) is 12.7. The third-order valence-electron chi connectivity index (χ3n) is 4.80. The molecular weight excluding hydrogens is 286 g/mol. The number of rotatable bonds is 4. The Morgan fingerprint density at radius 2 is 2.33 bits per heavy atom. The summed E-state index contributed by atoms with van der Waals surface area (Å²) < 4.78 is 1.70. The minimum atomic E-state index is -0.593. The Hall–Kier alpha value is -1.01. The SMILES string of the molecule is CSC1(C(=O)N2CCCC(C(O)c3nccn3C)C2)CC1. The number of hydrogen-bond acceptors (Lipinski definition) is 4. The molecule has 1 aliphatic carbocycles.